The minimum absolute atomic E-state index is 0.187. The summed E-state index contributed by atoms with van der Waals surface area (Å²) in [5.74, 6) is 0.189. The molecule has 0 aromatic carbocycles. The first-order valence-electron chi connectivity index (χ1n) is 6.52. The van der Waals surface area contributed by atoms with Gasteiger partial charge in [0.25, 0.3) is 0 Å². The molecule has 0 spiro atoms. The van der Waals surface area contributed by atoms with E-state index in [4.69, 9.17) is 4.74 Å². The number of hydrogen-bond acceptors (Lipinski definition) is 5. The number of piperidine rings is 1. The van der Waals surface area contributed by atoms with E-state index in [2.05, 4.69) is 4.90 Å². The summed E-state index contributed by atoms with van der Waals surface area (Å²) in [7, 11) is -1.51. The molecule has 6 heteroatoms. The summed E-state index contributed by atoms with van der Waals surface area (Å²) < 4.78 is 27.6. The van der Waals surface area contributed by atoms with E-state index < -0.39 is 9.84 Å². The van der Waals surface area contributed by atoms with Crippen LogP contribution in [0.2, 0.25) is 0 Å². The molecule has 18 heavy (non-hydrogen) atoms. The third-order valence-corrected chi connectivity index (χ3v) is 5.22. The number of sulfone groups is 1. The summed E-state index contributed by atoms with van der Waals surface area (Å²) in [6.07, 6.45) is 3.49. The molecular weight excluding hydrogens is 254 g/mol. The average molecular weight is 277 g/mol. The number of ether oxygens (including phenoxy) is 1. The number of esters is 1. The van der Waals surface area contributed by atoms with E-state index in [1.165, 1.54) is 7.11 Å². The zero-order valence-electron chi connectivity index (χ0n) is 11.2. The first-order valence-corrected chi connectivity index (χ1v) is 8.34. The van der Waals surface area contributed by atoms with Crippen molar-refractivity contribution in [3.05, 3.63) is 0 Å². The van der Waals surface area contributed by atoms with Crippen molar-refractivity contribution in [2.75, 3.05) is 31.7 Å². The van der Waals surface area contributed by atoms with E-state index in [1.54, 1.807) is 6.92 Å². The molecule has 0 amide bonds. The van der Waals surface area contributed by atoms with E-state index >= 15 is 0 Å². The molecule has 0 saturated carbocycles. The fourth-order valence-corrected chi connectivity index (χ4v) is 3.15. The monoisotopic (exact) mass is 277 g/mol. The summed E-state index contributed by atoms with van der Waals surface area (Å²) in [6, 6.07) is -0.187. The first-order chi connectivity index (χ1) is 8.50. The van der Waals surface area contributed by atoms with Gasteiger partial charge in [-0.2, -0.15) is 0 Å². The molecule has 5 nitrogen and oxygen atoms in total. The average Bonchev–Trinajstić information content (AvgIpc) is 2.38. The molecule has 1 rings (SSSR count). The third-order valence-electron chi connectivity index (χ3n) is 3.43. The highest BCUT2D eigenvalue weighted by Crippen LogP contribution is 2.18. The summed E-state index contributed by atoms with van der Waals surface area (Å²) in [6.45, 7) is 3.17. The van der Waals surface area contributed by atoms with Crippen molar-refractivity contribution in [1.82, 2.24) is 4.90 Å². The lowest BCUT2D eigenvalue weighted by atomic mass is 10.0. The van der Waals surface area contributed by atoms with Crippen LogP contribution in [-0.4, -0.2) is 57.0 Å². The molecule has 1 atom stereocenters. The van der Waals surface area contributed by atoms with Gasteiger partial charge in [0.05, 0.1) is 12.9 Å². The molecular formula is C12H23NO4S. The van der Waals surface area contributed by atoms with Gasteiger partial charge < -0.3 is 4.74 Å². The smallest absolute Gasteiger partial charge is 0.323 e. The van der Waals surface area contributed by atoms with E-state index in [1.807, 2.05) is 0 Å². The molecule has 0 N–H and O–H groups in total. The van der Waals surface area contributed by atoms with E-state index in [-0.39, 0.29) is 23.5 Å². The van der Waals surface area contributed by atoms with Gasteiger partial charge in [-0.1, -0.05) is 13.3 Å². The zero-order chi connectivity index (χ0) is 13.6. The van der Waals surface area contributed by atoms with Gasteiger partial charge in [0.1, 0.15) is 15.9 Å². The standard InChI is InChI=1S/C12H23NO4S/c1-3-18(15,16)10-6-9-13-8-5-4-7-11(13)12(14)17-2/h11H,3-10H2,1-2H3. The normalized spacial score (nSPS) is 21.8. The molecule has 0 radical (unpaired) electrons. The predicted molar refractivity (Wildman–Crippen MR) is 70.2 cm³/mol. The number of likely N-dealkylation sites (tertiary alicyclic amines) is 1. The Morgan fingerprint density at radius 3 is 2.72 bits per heavy atom. The lowest BCUT2D eigenvalue weighted by Crippen LogP contribution is -2.45. The molecule has 1 heterocycles. The first kappa shape index (κ1) is 15.4. The Kier molecular flexibility index (Phi) is 6.08. The van der Waals surface area contributed by atoms with Crippen LogP contribution in [0, 0.1) is 0 Å². The van der Waals surface area contributed by atoms with Crippen molar-refractivity contribution in [3.63, 3.8) is 0 Å². The third kappa shape index (κ3) is 4.57. The molecule has 0 aliphatic carbocycles. The highest BCUT2D eigenvalue weighted by Gasteiger charge is 2.29. The Bertz CT molecular complexity index is 366. The van der Waals surface area contributed by atoms with Gasteiger partial charge in [0.15, 0.2) is 0 Å². The van der Waals surface area contributed by atoms with Crippen molar-refractivity contribution in [2.24, 2.45) is 0 Å². The second-order valence-corrected chi connectivity index (χ2v) is 7.13. The summed E-state index contributed by atoms with van der Waals surface area (Å²) >= 11 is 0. The molecule has 1 fully saturated rings. The van der Waals surface area contributed by atoms with E-state index in [0.717, 1.165) is 25.8 Å². The van der Waals surface area contributed by atoms with Gasteiger partial charge in [-0.3, -0.25) is 9.69 Å². The van der Waals surface area contributed by atoms with Gasteiger partial charge in [-0.05, 0) is 32.4 Å². The Morgan fingerprint density at radius 2 is 2.11 bits per heavy atom. The second kappa shape index (κ2) is 7.09. The largest absolute Gasteiger partial charge is 0.468 e. The van der Waals surface area contributed by atoms with Crippen LogP contribution >= 0.6 is 0 Å². The number of hydrogen-bond donors (Lipinski definition) is 0. The fraction of sp³-hybridized carbons (Fsp3) is 0.917. The van der Waals surface area contributed by atoms with Crippen LogP contribution < -0.4 is 0 Å². The maximum atomic E-state index is 11.6. The van der Waals surface area contributed by atoms with Crippen molar-refractivity contribution in [3.8, 4) is 0 Å². The molecule has 0 aromatic heterocycles. The fourth-order valence-electron chi connectivity index (χ4n) is 2.29. The summed E-state index contributed by atoms with van der Waals surface area (Å²) in [5.41, 5.74) is 0. The Balaban J connectivity index is 2.45. The maximum absolute atomic E-state index is 11.6. The van der Waals surface area contributed by atoms with Crippen molar-refractivity contribution in [2.45, 2.75) is 38.6 Å². The van der Waals surface area contributed by atoms with Crippen LogP contribution in [0.15, 0.2) is 0 Å². The number of carbonyl (C=O) groups is 1. The van der Waals surface area contributed by atoms with Crippen LogP contribution in [0.1, 0.15) is 32.6 Å². The van der Waals surface area contributed by atoms with E-state index in [9.17, 15) is 13.2 Å². The van der Waals surface area contributed by atoms with Gasteiger partial charge in [0.2, 0.25) is 0 Å². The Labute approximate surface area is 109 Å². The highest BCUT2D eigenvalue weighted by atomic mass is 32.2. The summed E-state index contributed by atoms with van der Waals surface area (Å²) in [5, 5.41) is 0. The molecule has 1 aliphatic rings. The van der Waals surface area contributed by atoms with Crippen LogP contribution in [0.25, 0.3) is 0 Å². The van der Waals surface area contributed by atoms with Gasteiger partial charge in [0, 0.05) is 5.75 Å². The SMILES string of the molecule is CCS(=O)(=O)CCCN1CCCCC1C(=O)OC. The van der Waals surface area contributed by atoms with Gasteiger partial charge in [-0.25, -0.2) is 8.42 Å². The Morgan fingerprint density at radius 1 is 1.39 bits per heavy atom. The molecule has 1 aliphatic heterocycles. The second-order valence-electron chi connectivity index (χ2n) is 4.66. The lowest BCUT2D eigenvalue weighted by molar-refractivity contribution is -0.148. The molecule has 1 saturated heterocycles. The van der Waals surface area contributed by atoms with Gasteiger partial charge >= 0.3 is 5.97 Å². The number of carbonyl (C=O) groups excluding carboxylic acids is 1. The van der Waals surface area contributed by atoms with Crippen LogP contribution in [-0.2, 0) is 19.4 Å². The quantitative estimate of drug-likeness (QED) is 0.673. The highest BCUT2D eigenvalue weighted by molar-refractivity contribution is 7.91. The lowest BCUT2D eigenvalue weighted by Gasteiger charge is -2.33. The minimum Gasteiger partial charge on any atom is -0.468 e. The summed E-state index contributed by atoms with van der Waals surface area (Å²) in [4.78, 5) is 13.7. The maximum Gasteiger partial charge on any atom is 0.323 e. The van der Waals surface area contributed by atoms with Crippen molar-refractivity contribution < 1.29 is 17.9 Å². The molecule has 106 valence electrons. The van der Waals surface area contributed by atoms with Crippen LogP contribution in [0.4, 0.5) is 0 Å². The van der Waals surface area contributed by atoms with E-state index in [0.29, 0.717) is 13.0 Å². The number of rotatable bonds is 6. The molecule has 0 aromatic rings. The van der Waals surface area contributed by atoms with Crippen LogP contribution in [0.5, 0.6) is 0 Å². The number of methoxy groups -OCH3 is 1. The zero-order valence-corrected chi connectivity index (χ0v) is 12.0. The predicted octanol–water partition coefficient (Wildman–Crippen LogP) is 0.839. The van der Waals surface area contributed by atoms with Crippen molar-refractivity contribution >= 4 is 15.8 Å². The Hall–Kier alpha value is -0.620. The van der Waals surface area contributed by atoms with Gasteiger partial charge in [-0.15, -0.1) is 0 Å². The van der Waals surface area contributed by atoms with Crippen molar-refractivity contribution in [1.29, 1.82) is 0 Å². The molecule has 1 unspecified atom stereocenters. The molecule has 0 bridgehead atoms. The minimum atomic E-state index is -2.91. The topological polar surface area (TPSA) is 63.7 Å². The number of nitrogens with zero attached hydrogens (tertiary/aromatic N) is 1. The van der Waals surface area contributed by atoms with Crippen LogP contribution in [0.3, 0.4) is 0 Å².